The Morgan fingerprint density at radius 1 is 1.02 bits per heavy atom. The number of nitrogens with zero attached hydrogens (tertiary/aromatic N) is 2. The van der Waals surface area contributed by atoms with Gasteiger partial charge in [-0.05, 0) is 118 Å². The number of ether oxygens (including phenoxy) is 1. The highest BCUT2D eigenvalue weighted by atomic mass is 16.5. The lowest BCUT2D eigenvalue weighted by atomic mass is 9.93. The molecule has 4 rings (SSSR count). The van der Waals surface area contributed by atoms with Crippen molar-refractivity contribution in [3.63, 3.8) is 0 Å². The van der Waals surface area contributed by atoms with Gasteiger partial charge in [-0.15, -0.1) is 0 Å². The van der Waals surface area contributed by atoms with Crippen LogP contribution >= 0.6 is 0 Å². The molecular weight excluding hydrogens is 584 g/mol. The number of methoxy groups -OCH3 is 1. The highest BCUT2D eigenvalue weighted by Gasteiger charge is 2.23. The molecule has 47 heavy (non-hydrogen) atoms. The van der Waals surface area contributed by atoms with E-state index < -0.39 is 0 Å². The van der Waals surface area contributed by atoms with Crippen LogP contribution in [0.3, 0.4) is 0 Å². The predicted molar refractivity (Wildman–Crippen MR) is 195 cm³/mol. The first-order chi connectivity index (χ1) is 22.7. The summed E-state index contributed by atoms with van der Waals surface area (Å²) >= 11 is 0. The molecular formula is C40H58N4O3. The second-order valence-electron chi connectivity index (χ2n) is 13.5. The molecule has 7 nitrogen and oxygen atoms in total. The molecule has 1 amide bonds. The molecule has 1 fully saturated rings. The minimum atomic E-state index is -0.176. The maximum Gasteiger partial charge on any atom is 0.253 e. The Hall–Kier alpha value is -3.42. The molecule has 0 saturated carbocycles. The molecule has 7 heteroatoms. The number of anilines is 1. The standard InChI is InChI=1S/C40H58N4O3/c1-8-31-13-11-12-20-43(21-18-31)27-32-14-16-33(17-15-32)34-24-36(39(45)41-26-37-28(4)23-29(5)42-40(37)46)30(6)38(25-34)44(10-3)35(9-2)19-22-47-7/h14-17,23-25,31,35H,8-13,18-22,26-27H2,1-7H3,(H,41,45)(H,42,46). The van der Waals surface area contributed by atoms with Gasteiger partial charge in [0.1, 0.15) is 0 Å². The summed E-state index contributed by atoms with van der Waals surface area (Å²) in [7, 11) is 1.75. The van der Waals surface area contributed by atoms with Gasteiger partial charge >= 0.3 is 0 Å². The summed E-state index contributed by atoms with van der Waals surface area (Å²) in [6.45, 7) is 17.5. The minimum Gasteiger partial charge on any atom is -0.385 e. The van der Waals surface area contributed by atoms with Crippen LogP contribution in [0.2, 0.25) is 0 Å². The number of aryl methyl sites for hydroxylation is 2. The molecule has 2 heterocycles. The van der Waals surface area contributed by atoms with E-state index in [9.17, 15) is 9.59 Å². The third-order valence-electron chi connectivity index (χ3n) is 10.2. The average molecular weight is 643 g/mol. The number of benzene rings is 2. The zero-order chi connectivity index (χ0) is 33.9. The van der Waals surface area contributed by atoms with Crippen molar-refractivity contribution < 1.29 is 9.53 Å². The first-order valence-electron chi connectivity index (χ1n) is 17.9. The van der Waals surface area contributed by atoms with E-state index in [0.29, 0.717) is 17.7 Å². The summed E-state index contributed by atoms with van der Waals surface area (Å²) in [6.07, 6.45) is 8.45. The molecule has 0 spiro atoms. The third kappa shape index (κ3) is 9.57. The van der Waals surface area contributed by atoms with Crippen molar-refractivity contribution in [2.24, 2.45) is 5.92 Å². The predicted octanol–water partition coefficient (Wildman–Crippen LogP) is 7.94. The van der Waals surface area contributed by atoms with Crippen molar-refractivity contribution in [3.05, 3.63) is 86.3 Å². The maximum absolute atomic E-state index is 13.9. The van der Waals surface area contributed by atoms with Gasteiger partial charge in [0.05, 0.1) is 0 Å². The Morgan fingerprint density at radius 2 is 1.79 bits per heavy atom. The van der Waals surface area contributed by atoms with Crippen molar-refractivity contribution in [1.82, 2.24) is 15.2 Å². The van der Waals surface area contributed by atoms with Gasteiger partial charge in [-0.1, -0.05) is 57.4 Å². The van der Waals surface area contributed by atoms with E-state index in [4.69, 9.17) is 4.74 Å². The van der Waals surface area contributed by atoms with Crippen molar-refractivity contribution in [3.8, 4) is 11.1 Å². The highest BCUT2D eigenvalue weighted by Crippen LogP contribution is 2.34. The molecule has 2 unspecified atom stereocenters. The van der Waals surface area contributed by atoms with Gasteiger partial charge in [0, 0.05) is 61.9 Å². The van der Waals surface area contributed by atoms with E-state index in [2.05, 4.69) is 71.2 Å². The number of nitrogens with one attached hydrogen (secondary N) is 2. The number of hydrogen-bond acceptors (Lipinski definition) is 5. The van der Waals surface area contributed by atoms with Crippen molar-refractivity contribution in [2.45, 2.75) is 106 Å². The molecule has 0 bridgehead atoms. The second kappa shape index (κ2) is 17.7. The molecule has 0 aliphatic carbocycles. The molecule has 1 aromatic heterocycles. The Balaban J connectivity index is 1.65. The van der Waals surface area contributed by atoms with E-state index in [-0.39, 0.29) is 24.1 Å². The monoisotopic (exact) mass is 642 g/mol. The minimum absolute atomic E-state index is 0.156. The number of rotatable bonds is 14. The fourth-order valence-corrected chi connectivity index (χ4v) is 7.24. The summed E-state index contributed by atoms with van der Waals surface area (Å²) < 4.78 is 5.46. The zero-order valence-electron chi connectivity index (χ0n) is 30.0. The molecule has 2 atom stereocenters. The lowest BCUT2D eigenvalue weighted by molar-refractivity contribution is 0.0950. The summed E-state index contributed by atoms with van der Waals surface area (Å²) in [6, 6.07) is 15.4. The van der Waals surface area contributed by atoms with Crippen molar-refractivity contribution in [1.29, 1.82) is 0 Å². The van der Waals surface area contributed by atoms with Crippen LogP contribution in [-0.2, 0) is 17.8 Å². The zero-order valence-corrected chi connectivity index (χ0v) is 30.0. The van der Waals surface area contributed by atoms with Crippen LogP contribution in [0.5, 0.6) is 0 Å². The van der Waals surface area contributed by atoms with Crippen LogP contribution in [0.15, 0.2) is 47.3 Å². The Kier molecular flexibility index (Phi) is 13.7. The molecule has 0 radical (unpaired) electrons. The first kappa shape index (κ1) is 36.4. The first-order valence-corrected chi connectivity index (χ1v) is 17.9. The molecule has 3 aromatic rings. The number of pyridine rings is 1. The third-order valence-corrected chi connectivity index (χ3v) is 10.2. The van der Waals surface area contributed by atoms with Gasteiger partial charge in [-0.3, -0.25) is 14.5 Å². The number of hydrogen-bond donors (Lipinski definition) is 2. The smallest absolute Gasteiger partial charge is 0.253 e. The van der Waals surface area contributed by atoms with E-state index in [1.807, 2.05) is 32.9 Å². The Morgan fingerprint density at radius 3 is 2.45 bits per heavy atom. The second-order valence-corrected chi connectivity index (χ2v) is 13.5. The number of carbonyl (C=O) groups is 1. The lowest BCUT2D eigenvalue weighted by Gasteiger charge is -2.34. The van der Waals surface area contributed by atoms with Gasteiger partial charge in [0.2, 0.25) is 0 Å². The highest BCUT2D eigenvalue weighted by molar-refractivity contribution is 5.99. The quantitative estimate of drug-likeness (QED) is 0.187. The van der Waals surface area contributed by atoms with Crippen molar-refractivity contribution >= 4 is 11.6 Å². The molecule has 1 saturated heterocycles. The van der Waals surface area contributed by atoms with Crippen molar-refractivity contribution in [2.75, 3.05) is 38.3 Å². The summed E-state index contributed by atoms with van der Waals surface area (Å²) in [4.78, 5) is 34.5. The van der Waals surface area contributed by atoms with Gasteiger partial charge < -0.3 is 19.9 Å². The van der Waals surface area contributed by atoms with Gasteiger partial charge in [0.25, 0.3) is 11.5 Å². The molecule has 2 aromatic carbocycles. The summed E-state index contributed by atoms with van der Waals surface area (Å²) in [5, 5.41) is 3.07. The van der Waals surface area contributed by atoms with E-state index in [0.717, 1.165) is 65.5 Å². The Bertz CT molecular complexity index is 1510. The van der Waals surface area contributed by atoms with Gasteiger partial charge in [0.15, 0.2) is 0 Å². The molecule has 1 aliphatic rings. The van der Waals surface area contributed by atoms with E-state index in [1.165, 1.54) is 50.8 Å². The number of carbonyl (C=O) groups excluding carboxylic acids is 1. The summed E-state index contributed by atoms with van der Waals surface area (Å²) in [5.74, 6) is 0.679. The van der Waals surface area contributed by atoms with E-state index >= 15 is 0 Å². The van der Waals surface area contributed by atoms with Gasteiger partial charge in [-0.25, -0.2) is 0 Å². The van der Waals surface area contributed by atoms with Crippen LogP contribution in [0.4, 0.5) is 5.69 Å². The van der Waals surface area contributed by atoms with Crippen LogP contribution in [0, 0.1) is 26.7 Å². The number of likely N-dealkylation sites (tertiary alicyclic amines) is 1. The molecule has 1 aliphatic heterocycles. The normalized spacial score (nSPS) is 16.4. The average Bonchev–Trinajstić information content (AvgIpc) is 3.04. The van der Waals surface area contributed by atoms with Crippen LogP contribution in [0.25, 0.3) is 11.1 Å². The van der Waals surface area contributed by atoms with Crippen LogP contribution in [0.1, 0.15) is 104 Å². The van der Waals surface area contributed by atoms with Gasteiger partial charge in [-0.2, -0.15) is 0 Å². The van der Waals surface area contributed by atoms with Crippen LogP contribution in [-0.4, -0.2) is 55.2 Å². The molecule has 2 N–H and O–H groups in total. The number of H-pyrrole nitrogens is 1. The largest absolute Gasteiger partial charge is 0.385 e. The molecule has 256 valence electrons. The number of amides is 1. The Labute approximate surface area is 283 Å². The summed E-state index contributed by atoms with van der Waals surface area (Å²) in [5.41, 5.74) is 8.19. The fourth-order valence-electron chi connectivity index (χ4n) is 7.24. The number of aromatic nitrogens is 1. The SMILES string of the molecule is CCC1CCCCN(Cc2ccc(-c3cc(C(=O)NCc4c(C)cc(C)[nH]c4=O)c(C)c(N(CC)C(CC)CCOC)c3)cc2)CC1. The number of aromatic amines is 1. The topological polar surface area (TPSA) is 77.7 Å². The van der Waals surface area contributed by atoms with Crippen LogP contribution < -0.4 is 15.8 Å². The lowest BCUT2D eigenvalue weighted by Crippen LogP contribution is -2.37. The maximum atomic E-state index is 13.9. The van der Waals surface area contributed by atoms with E-state index in [1.54, 1.807) is 7.11 Å². The fraction of sp³-hybridized carbons (Fsp3) is 0.550.